The van der Waals surface area contributed by atoms with Gasteiger partial charge >= 0.3 is 0 Å². The minimum Gasteiger partial charge on any atom is -0.119 e. The van der Waals surface area contributed by atoms with Gasteiger partial charge in [-0.05, 0) is 0 Å². The van der Waals surface area contributed by atoms with E-state index >= 15 is 0 Å². The summed E-state index contributed by atoms with van der Waals surface area (Å²) in [5.74, 6) is 4.89. The first-order valence-electron chi connectivity index (χ1n) is 1.92. The van der Waals surface area contributed by atoms with Crippen molar-refractivity contribution in [2.75, 3.05) is 0 Å². The number of hydrogen-bond acceptors (Lipinski definition) is 0. The summed E-state index contributed by atoms with van der Waals surface area (Å²) in [7, 11) is 0. The van der Waals surface area contributed by atoms with Crippen molar-refractivity contribution in [1.29, 1.82) is 0 Å². The van der Waals surface area contributed by atoms with Gasteiger partial charge in [0.25, 0.3) is 0 Å². The van der Waals surface area contributed by atoms with E-state index in [1.54, 1.807) is 0 Å². The minimum absolute atomic E-state index is 0.0625. The molecular weight excluding hydrogens is 232 g/mol. The highest BCUT2D eigenvalue weighted by molar-refractivity contribution is 9.12. The summed E-state index contributed by atoms with van der Waals surface area (Å²) in [6, 6.07) is 0. The quantitative estimate of drug-likeness (QED) is 0.480. The maximum absolute atomic E-state index is 5.03. The van der Waals surface area contributed by atoms with Crippen molar-refractivity contribution >= 4 is 31.9 Å². The van der Waals surface area contributed by atoms with Gasteiger partial charge in [-0.3, -0.25) is 0 Å². The molecule has 42 valence electrons. The van der Waals surface area contributed by atoms with Gasteiger partial charge in [-0.15, -0.1) is 12.8 Å². The molecule has 2 atom stereocenters. The maximum Gasteiger partial charge on any atom is 0.0986 e. The Balaban J connectivity index is 3.72. The average Bonchev–Trinajstić information content (AvgIpc) is 1.84. The molecule has 0 nitrogen and oxygen atoms in total. The Bertz CT molecular complexity index is 120. The first kappa shape index (κ1) is 8.08. The molecule has 0 aromatic heterocycles. The van der Waals surface area contributed by atoms with Gasteiger partial charge in [-0.2, -0.15) is 0 Å². The Kier molecular flexibility index (Phi) is 4.05. The number of hydrogen-bond donors (Lipinski definition) is 0. The van der Waals surface area contributed by atoms with Crippen LogP contribution in [0.4, 0.5) is 0 Å². The van der Waals surface area contributed by atoms with Crippen LogP contribution >= 0.6 is 31.9 Å². The van der Waals surface area contributed by atoms with E-state index in [-0.39, 0.29) is 9.65 Å². The van der Waals surface area contributed by atoms with Gasteiger partial charge in [0.05, 0.1) is 9.65 Å². The standard InChI is InChI=1S/C6H4Br2/c1-3-5(7)6(8)4-2/h1-2,5-6H. The van der Waals surface area contributed by atoms with Gasteiger partial charge in [-0.25, -0.2) is 0 Å². The first-order valence-corrected chi connectivity index (χ1v) is 3.76. The number of alkyl halides is 2. The summed E-state index contributed by atoms with van der Waals surface area (Å²) in [4.78, 5) is -0.125. The van der Waals surface area contributed by atoms with Crippen LogP contribution in [0.2, 0.25) is 0 Å². The second-order valence-electron chi connectivity index (χ2n) is 1.14. The van der Waals surface area contributed by atoms with Gasteiger partial charge < -0.3 is 0 Å². The SMILES string of the molecule is C#CC(Br)C(Br)C#C. The van der Waals surface area contributed by atoms with Crippen LogP contribution in [0.3, 0.4) is 0 Å². The van der Waals surface area contributed by atoms with Crippen LogP contribution in [0, 0.1) is 24.7 Å². The average molecular weight is 236 g/mol. The number of terminal acetylenes is 2. The van der Waals surface area contributed by atoms with Gasteiger partial charge in [-0.1, -0.05) is 43.7 Å². The molecule has 0 amide bonds. The van der Waals surface area contributed by atoms with Gasteiger partial charge in [0.1, 0.15) is 0 Å². The molecule has 0 aliphatic heterocycles. The molecule has 0 radical (unpaired) electrons. The van der Waals surface area contributed by atoms with Crippen molar-refractivity contribution in [3.05, 3.63) is 0 Å². The third-order valence-electron chi connectivity index (χ3n) is 0.575. The maximum atomic E-state index is 5.03. The lowest BCUT2D eigenvalue weighted by molar-refractivity contribution is 1.21. The van der Waals surface area contributed by atoms with Crippen LogP contribution in [-0.2, 0) is 0 Å². The molecule has 2 heteroatoms. The third-order valence-corrected chi connectivity index (χ3v) is 2.87. The fourth-order valence-electron chi connectivity index (χ4n) is 0.169. The monoisotopic (exact) mass is 234 g/mol. The van der Waals surface area contributed by atoms with Crippen LogP contribution in [0.15, 0.2) is 0 Å². The van der Waals surface area contributed by atoms with Crippen molar-refractivity contribution in [3.8, 4) is 24.7 Å². The summed E-state index contributed by atoms with van der Waals surface area (Å²) in [6.45, 7) is 0. The molecule has 0 spiro atoms. The molecule has 0 saturated carbocycles. The Labute approximate surface area is 66.3 Å². The van der Waals surface area contributed by atoms with E-state index in [2.05, 4.69) is 43.7 Å². The summed E-state index contributed by atoms with van der Waals surface area (Å²) < 4.78 is 0. The Morgan fingerprint density at radius 1 is 1.00 bits per heavy atom. The van der Waals surface area contributed by atoms with E-state index in [1.807, 2.05) is 0 Å². The van der Waals surface area contributed by atoms with E-state index in [9.17, 15) is 0 Å². The molecule has 0 N–H and O–H groups in total. The summed E-state index contributed by atoms with van der Waals surface area (Å²) in [6.07, 6.45) is 10.1. The molecule has 0 aromatic carbocycles. The molecule has 0 aliphatic carbocycles. The van der Waals surface area contributed by atoms with Crippen molar-refractivity contribution < 1.29 is 0 Å². The summed E-state index contributed by atoms with van der Waals surface area (Å²) in [5, 5.41) is 0. The summed E-state index contributed by atoms with van der Waals surface area (Å²) >= 11 is 6.35. The molecule has 2 unspecified atom stereocenters. The first-order chi connectivity index (χ1) is 3.72. The van der Waals surface area contributed by atoms with Crippen molar-refractivity contribution in [2.45, 2.75) is 9.65 Å². The molecule has 0 heterocycles. The lowest BCUT2D eigenvalue weighted by atomic mass is 10.3. The van der Waals surface area contributed by atoms with E-state index in [1.165, 1.54) is 0 Å². The second-order valence-corrected chi connectivity index (χ2v) is 3.11. The molecule has 8 heavy (non-hydrogen) atoms. The topological polar surface area (TPSA) is 0 Å². The number of halogens is 2. The largest absolute Gasteiger partial charge is 0.119 e. The van der Waals surface area contributed by atoms with Crippen LogP contribution in [0.5, 0.6) is 0 Å². The Hall–Kier alpha value is 0.0800. The van der Waals surface area contributed by atoms with Gasteiger partial charge in [0.2, 0.25) is 0 Å². The predicted octanol–water partition coefficient (Wildman–Crippen LogP) is 1.78. The van der Waals surface area contributed by atoms with Crippen molar-refractivity contribution in [2.24, 2.45) is 0 Å². The van der Waals surface area contributed by atoms with Crippen molar-refractivity contribution in [1.82, 2.24) is 0 Å². The molecule has 0 saturated heterocycles. The third kappa shape index (κ3) is 2.40. The number of rotatable bonds is 1. The van der Waals surface area contributed by atoms with Crippen LogP contribution < -0.4 is 0 Å². The highest BCUT2D eigenvalue weighted by Crippen LogP contribution is 2.11. The fourth-order valence-corrected chi connectivity index (χ4v) is 0.474. The lowest BCUT2D eigenvalue weighted by Crippen LogP contribution is -2.07. The van der Waals surface area contributed by atoms with Crippen LogP contribution in [0.1, 0.15) is 0 Å². The molecule has 0 fully saturated rings. The van der Waals surface area contributed by atoms with Gasteiger partial charge in [0.15, 0.2) is 0 Å². The predicted molar refractivity (Wildman–Crippen MR) is 43.1 cm³/mol. The highest BCUT2D eigenvalue weighted by Gasteiger charge is 2.07. The van der Waals surface area contributed by atoms with E-state index in [0.29, 0.717) is 0 Å². The zero-order chi connectivity index (χ0) is 6.57. The van der Waals surface area contributed by atoms with E-state index in [0.717, 1.165) is 0 Å². The van der Waals surface area contributed by atoms with Crippen LogP contribution in [-0.4, -0.2) is 9.65 Å². The second kappa shape index (κ2) is 4.01. The minimum atomic E-state index is -0.0625. The van der Waals surface area contributed by atoms with E-state index in [4.69, 9.17) is 12.8 Å². The zero-order valence-corrected chi connectivity index (χ0v) is 7.24. The Morgan fingerprint density at radius 2 is 1.25 bits per heavy atom. The fraction of sp³-hybridized carbons (Fsp3) is 0.333. The van der Waals surface area contributed by atoms with Crippen LogP contribution in [0.25, 0.3) is 0 Å². The molecule has 0 rings (SSSR count). The Morgan fingerprint density at radius 3 is 1.38 bits per heavy atom. The molecule has 0 aliphatic rings. The smallest absolute Gasteiger partial charge is 0.0986 e. The van der Waals surface area contributed by atoms with Gasteiger partial charge in [0, 0.05) is 0 Å². The molecular formula is C6H4Br2. The van der Waals surface area contributed by atoms with E-state index < -0.39 is 0 Å². The molecule has 0 bridgehead atoms. The lowest BCUT2D eigenvalue weighted by Gasteiger charge is -2.00. The van der Waals surface area contributed by atoms with Crippen molar-refractivity contribution in [3.63, 3.8) is 0 Å². The zero-order valence-electron chi connectivity index (χ0n) is 4.07. The molecule has 0 aromatic rings. The normalized spacial score (nSPS) is 15.5. The summed E-state index contributed by atoms with van der Waals surface area (Å²) in [5.41, 5.74) is 0. The highest BCUT2D eigenvalue weighted by atomic mass is 79.9.